The molecule has 0 fully saturated rings. The monoisotopic (exact) mass is 320 g/mol. The van der Waals surface area contributed by atoms with Gasteiger partial charge < -0.3 is 10.4 Å². The molecule has 1 aromatic heterocycles. The summed E-state index contributed by atoms with van der Waals surface area (Å²) in [6.07, 6.45) is 0. The first kappa shape index (κ1) is 16.6. The topological polar surface area (TPSA) is 113 Å². The lowest BCUT2D eigenvalue weighted by Crippen LogP contribution is -2.45. The molecular weight excluding hydrogens is 304 g/mol. The maximum atomic E-state index is 11.9. The maximum Gasteiger partial charge on any atom is 0.336 e. The van der Waals surface area contributed by atoms with Gasteiger partial charge in [-0.25, -0.2) is 17.9 Å². The molecule has 9 heteroatoms. The first-order valence-electron chi connectivity index (χ1n) is 5.64. The third-order valence-corrected chi connectivity index (χ3v) is 4.87. The van der Waals surface area contributed by atoms with Crippen molar-refractivity contribution in [1.29, 1.82) is 0 Å². The van der Waals surface area contributed by atoms with E-state index in [-0.39, 0.29) is 9.77 Å². The summed E-state index contributed by atoms with van der Waals surface area (Å²) in [7, 11) is -3.88. The molecule has 1 heterocycles. The third kappa shape index (κ3) is 4.91. The fourth-order valence-electron chi connectivity index (χ4n) is 1.26. The summed E-state index contributed by atoms with van der Waals surface area (Å²) < 4.78 is 25.7. The number of rotatable bonds is 5. The summed E-state index contributed by atoms with van der Waals surface area (Å²) in [5.74, 6) is -1.66. The highest BCUT2D eigenvalue weighted by Gasteiger charge is 2.21. The van der Waals surface area contributed by atoms with Gasteiger partial charge >= 0.3 is 5.97 Å². The minimum atomic E-state index is -3.88. The Bertz CT molecular complexity index is 613. The highest BCUT2D eigenvalue weighted by atomic mass is 32.2. The van der Waals surface area contributed by atoms with E-state index in [0.717, 1.165) is 17.4 Å². The molecule has 0 radical (unpaired) electrons. The fraction of sp³-hybridized carbons (Fsp3) is 0.455. The van der Waals surface area contributed by atoms with Crippen LogP contribution in [0.4, 0.5) is 0 Å². The Labute approximate surface area is 121 Å². The van der Waals surface area contributed by atoms with Crippen molar-refractivity contribution in [3.05, 3.63) is 17.0 Å². The van der Waals surface area contributed by atoms with Crippen LogP contribution in [0.1, 0.15) is 31.1 Å². The zero-order chi connectivity index (χ0) is 15.6. The predicted molar refractivity (Wildman–Crippen MR) is 74.4 cm³/mol. The molecule has 0 saturated heterocycles. The molecule has 0 aromatic carbocycles. The Morgan fingerprint density at radius 3 is 2.40 bits per heavy atom. The van der Waals surface area contributed by atoms with Crippen molar-refractivity contribution in [1.82, 2.24) is 10.0 Å². The first-order valence-corrected chi connectivity index (χ1v) is 8.00. The molecule has 0 aliphatic rings. The van der Waals surface area contributed by atoms with Crippen LogP contribution in [-0.4, -0.2) is 37.5 Å². The van der Waals surface area contributed by atoms with Gasteiger partial charge in [-0.3, -0.25) is 4.79 Å². The molecular formula is C11H16N2O5S2. The lowest BCUT2D eigenvalue weighted by atomic mass is 10.1. The van der Waals surface area contributed by atoms with Crippen molar-refractivity contribution in [2.75, 3.05) is 6.54 Å². The van der Waals surface area contributed by atoms with Crippen molar-refractivity contribution in [3.63, 3.8) is 0 Å². The zero-order valence-corrected chi connectivity index (χ0v) is 12.9. The van der Waals surface area contributed by atoms with Crippen LogP contribution in [0.25, 0.3) is 0 Å². The molecule has 1 rings (SSSR count). The van der Waals surface area contributed by atoms with E-state index >= 15 is 0 Å². The third-order valence-electron chi connectivity index (χ3n) is 2.02. The quantitative estimate of drug-likeness (QED) is 0.737. The van der Waals surface area contributed by atoms with E-state index in [4.69, 9.17) is 5.11 Å². The SMILES string of the molecule is CC(C)(C)NC(=O)CNS(=O)(=O)c1cc(C(=O)O)cs1. The lowest BCUT2D eigenvalue weighted by molar-refractivity contribution is -0.121. The van der Waals surface area contributed by atoms with Gasteiger partial charge in [-0.05, 0) is 26.8 Å². The maximum absolute atomic E-state index is 11.9. The minimum absolute atomic E-state index is 0.102. The Morgan fingerprint density at radius 2 is 1.95 bits per heavy atom. The first-order chi connectivity index (χ1) is 9.01. The molecule has 0 atom stereocenters. The van der Waals surface area contributed by atoms with Gasteiger partial charge in [-0.15, -0.1) is 11.3 Å². The van der Waals surface area contributed by atoms with Gasteiger partial charge in [-0.1, -0.05) is 0 Å². The second-order valence-corrected chi connectivity index (χ2v) is 7.99. The Kier molecular flexibility index (Phi) is 4.90. The number of sulfonamides is 1. The van der Waals surface area contributed by atoms with Crippen LogP contribution in [0.3, 0.4) is 0 Å². The summed E-state index contributed by atoms with van der Waals surface area (Å²) in [5, 5.41) is 12.6. The molecule has 0 aliphatic carbocycles. The smallest absolute Gasteiger partial charge is 0.336 e. The van der Waals surface area contributed by atoms with E-state index < -0.39 is 34.0 Å². The average Bonchev–Trinajstić information content (AvgIpc) is 2.74. The molecule has 112 valence electrons. The van der Waals surface area contributed by atoms with Crippen LogP contribution in [0, 0.1) is 0 Å². The van der Waals surface area contributed by atoms with Crippen LogP contribution in [0.5, 0.6) is 0 Å². The lowest BCUT2D eigenvalue weighted by Gasteiger charge is -2.20. The molecule has 7 nitrogen and oxygen atoms in total. The summed E-state index contributed by atoms with van der Waals surface area (Å²) in [4.78, 5) is 22.2. The molecule has 1 amide bonds. The Hall–Kier alpha value is -1.45. The van der Waals surface area contributed by atoms with Gasteiger partial charge in [0.15, 0.2) is 0 Å². The van der Waals surface area contributed by atoms with Gasteiger partial charge in [0.25, 0.3) is 10.0 Å². The highest BCUT2D eigenvalue weighted by Crippen LogP contribution is 2.19. The average molecular weight is 320 g/mol. The highest BCUT2D eigenvalue weighted by molar-refractivity contribution is 7.91. The summed E-state index contributed by atoms with van der Waals surface area (Å²) in [6, 6.07) is 1.05. The van der Waals surface area contributed by atoms with Crippen LogP contribution in [0.2, 0.25) is 0 Å². The number of nitrogens with one attached hydrogen (secondary N) is 2. The van der Waals surface area contributed by atoms with Crippen molar-refractivity contribution in [3.8, 4) is 0 Å². The molecule has 0 bridgehead atoms. The molecule has 0 saturated carbocycles. The number of carbonyl (C=O) groups excluding carboxylic acids is 1. The Balaban J connectivity index is 2.70. The van der Waals surface area contributed by atoms with Crippen LogP contribution < -0.4 is 10.0 Å². The standard InChI is InChI=1S/C11H16N2O5S2/c1-11(2,3)13-8(14)5-12-20(17,18)9-4-7(6-19-9)10(15)16/h4,6,12H,5H2,1-3H3,(H,13,14)(H,15,16). The molecule has 1 aromatic rings. The number of thiophene rings is 1. The number of carboxylic acids is 1. The number of amides is 1. The number of carboxylic acid groups (broad SMARTS) is 1. The van der Waals surface area contributed by atoms with Gasteiger partial charge in [-0.2, -0.15) is 0 Å². The fourth-order valence-corrected chi connectivity index (χ4v) is 3.44. The summed E-state index contributed by atoms with van der Waals surface area (Å²) in [6.45, 7) is 4.92. The van der Waals surface area contributed by atoms with Crippen molar-refractivity contribution < 1.29 is 23.1 Å². The van der Waals surface area contributed by atoms with Gasteiger partial charge in [0.05, 0.1) is 12.1 Å². The van der Waals surface area contributed by atoms with E-state index in [9.17, 15) is 18.0 Å². The van der Waals surface area contributed by atoms with E-state index in [1.807, 2.05) is 0 Å². The van der Waals surface area contributed by atoms with Crippen molar-refractivity contribution in [2.45, 2.75) is 30.5 Å². The largest absolute Gasteiger partial charge is 0.478 e. The number of hydrogen-bond donors (Lipinski definition) is 3. The van der Waals surface area contributed by atoms with Crippen LogP contribution in [-0.2, 0) is 14.8 Å². The normalized spacial score (nSPS) is 12.2. The summed E-state index contributed by atoms with van der Waals surface area (Å²) in [5.41, 5.74) is -0.559. The van der Waals surface area contributed by atoms with Crippen molar-refractivity contribution in [2.24, 2.45) is 0 Å². The zero-order valence-electron chi connectivity index (χ0n) is 11.3. The van der Waals surface area contributed by atoms with Crippen LogP contribution >= 0.6 is 11.3 Å². The molecule has 0 unspecified atom stereocenters. The van der Waals surface area contributed by atoms with Crippen LogP contribution in [0.15, 0.2) is 15.7 Å². The Morgan fingerprint density at radius 1 is 1.35 bits per heavy atom. The summed E-state index contributed by atoms with van der Waals surface area (Å²) >= 11 is 0.787. The number of hydrogen-bond acceptors (Lipinski definition) is 5. The molecule has 0 spiro atoms. The van der Waals surface area contributed by atoms with E-state index in [1.165, 1.54) is 5.38 Å². The molecule has 20 heavy (non-hydrogen) atoms. The molecule has 3 N–H and O–H groups in total. The van der Waals surface area contributed by atoms with Gasteiger partial charge in [0, 0.05) is 10.9 Å². The predicted octanol–water partition coefficient (Wildman–Crippen LogP) is 0.639. The second kappa shape index (κ2) is 5.90. The second-order valence-electron chi connectivity index (χ2n) is 5.08. The van der Waals surface area contributed by atoms with Crippen molar-refractivity contribution >= 4 is 33.2 Å². The van der Waals surface area contributed by atoms with Gasteiger partial charge in [0.1, 0.15) is 4.21 Å². The number of carbonyl (C=O) groups is 2. The van der Waals surface area contributed by atoms with E-state index in [2.05, 4.69) is 10.0 Å². The van der Waals surface area contributed by atoms with E-state index in [0.29, 0.717) is 0 Å². The number of aromatic carboxylic acids is 1. The van der Waals surface area contributed by atoms with E-state index in [1.54, 1.807) is 20.8 Å². The molecule has 0 aliphatic heterocycles. The minimum Gasteiger partial charge on any atom is -0.478 e. The van der Waals surface area contributed by atoms with Gasteiger partial charge in [0.2, 0.25) is 5.91 Å².